The number of anilines is 1. The van der Waals surface area contributed by atoms with E-state index in [2.05, 4.69) is 12.2 Å². The Labute approximate surface area is 192 Å². The number of nitrogens with zero attached hydrogens (tertiary/aromatic N) is 2. The van der Waals surface area contributed by atoms with Crippen molar-refractivity contribution in [2.45, 2.75) is 39.0 Å². The van der Waals surface area contributed by atoms with Crippen molar-refractivity contribution in [2.24, 2.45) is 11.7 Å². The van der Waals surface area contributed by atoms with Gasteiger partial charge in [0, 0.05) is 23.6 Å². The van der Waals surface area contributed by atoms with Crippen LogP contribution in [-0.4, -0.2) is 33.0 Å². The van der Waals surface area contributed by atoms with Crippen molar-refractivity contribution in [3.05, 3.63) is 81.8 Å². The Morgan fingerprint density at radius 2 is 2.00 bits per heavy atom. The number of primary amides is 1. The highest BCUT2D eigenvalue weighted by molar-refractivity contribution is 6.58. The van der Waals surface area contributed by atoms with Gasteiger partial charge in [-0.25, -0.2) is 9.97 Å². The summed E-state index contributed by atoms with van der Waals surface area (Å²) in [6, 6.07) is 12.8. The van der Waals surface area contributed by atoms with E-state index in [4.69, 9.17) is 20.4 Å². The molecule has 0 saturated carbocycles. The maximum absolute atomic E-state index is 11.9. The molecule has 5 N–H and O–H groups in total. The van der Waals surface area contributed by atoms with E-state index < -0.39 is 13.0 Å². The first-order valence-electron chi connectivity index (χ1n) is 11.0. The maximum Gasteiger partial charge on any atom is 0.488 e. The number of rotatable bonds is 6. The summed E-state index contributed by atoms with van der Waals surface area (Å²) in [5, 5.41) is 22.3. The monoisotopic (exact) mass is 444 g/mol. The highest BCUT2D eigenvalue weighted by atomic mass is 16.5. The molecule has 2 atom stereocenters. The zero-order chi connectivity index (χ0) is 23.1. The van der Waals surface area contributed by atoms with Crippen LogP contribution in [0.2, 0.25) is 0 Å². The predicted molar refractivity (Wildman–Crippen MR) is 124 cm³/mol. The number of benzene rings is 2. The van der Waals surface area contributed by atoms with Crippen LogP contribution in [0, 0.1) is 5.92 Å². The minimum absolute atomic E-state index is 0.0430. The molecule has 2 aromatic carbocycles. The summed E-state index contributed by atoms with van der Waals surface area (Å²) in [5.41, 5.74) is 11.4. The topological polar surface area (TPSA) is 131 Å². The molecule has 0 fully saturated rings. The Balaban J connectivity index is 1.49. The molecule has 1 amide bonds. The third kappa shape index (κ3) is 3.99. The van der Waals surface area contributed by atoms with Crippen LogP contribution in [0.5, 0.6) is 0 Å². The second-order valence-electron chi connectivity index (χ2n) is 8.72. The third-order valence-corrected chi connectivity index (χ3v) is 6.49. The van der Waals surface area contributed by atoms with Crippen LogP contribution in [-0.2, 0) is 30.9 Å². The van der Waals surface area contributed by atoms with Gasteiger partial charge in [0.1, 0.15) is 11.6 Å². The van der Waals surface area contributed by atoms with E-state index in [0.29, 0.717) is 42.4 Å². The largest absolute Gasteiger partial charge is 0.488 e. The lowest BCUT2D eigenvalue weighted by molar-refractivity contribution is 0.0999. The van der Waals surface area contributed by atoms with Gasteiger partial charge in [-0.15, -0.1) is 0 Å². The second kappa shape index (κ2) is 8.59. The smallest absolute Gasteiger partial charge is 0.423 e. The highest BCUT2D eigenvalue weighted by Crippen LogP contribution is 2.43. The number of aromatic nitrogens is 2. The molecule has 1 aliphatic heterocycles. The van der Waals surface area contributed by atoms with Gasteiger partial charge >= 0.3 is 7.12 Å². The van der Waals surface area contributed by atoms with E-state index in [-0.39, 0.29) is 11.8 Å². The Morgan fingerprint density at radius 3 is 2.79 bits per heavy atom. The van der Waals surface area contributed by atoms with Crippen LogP contribution in [0.4, 0.5) is 5.82 Å². The van der Waals surface area contributed by atoms with Gasteiger partial charge in [0.2, 0.25) is 5.91 Å². The van der Waals surface area contributed by atoms with Crippen LogP contribution >= 0.6 is 0 Å². The van der Waals surface area contributed by atoms with E-state index in [1.165, 1.54) is 0 Å². The van der Waals surface area contributed by atoms with Crippen LogP contribution in [0.15, 0.2) is 42.5 Å². The second-order valence-corrected chi connectivity index (χ2v) is 8.72. The lowest BCUT2D eigenvalue weighted by Crippen LogP contribution is -2.30. The van der Waals surface area contributed by atoms with Crippen molar-refractivity contribution in [3.63, 3.8) is 0 Å². The van der Waals surface area contributed by atoms with Gasteiger partial charge in [0.05, 0.1) is 18.9 Å². The van der Waals surface area contributed by atoms with Crippen molar-refractivity contribution in [1.29, 1.82) is 0 Å². The molecule has 168 valence electrons. The zero-order valence-electron chi connectivity index (χ0n) is 18.3. The van der Waals surface area contributed by atoms with Gasteiger partial charge in [0.25, 0.3) is 0 Å². The average molecular weight is 444 g/mol. The SMILES string of the molecule is CC1Cc2c(C(N)=O)cccc2C1c1nc2c(c(NCc3cccc(B(O)O)c3)n1)COC2. The molecule has 0 bridgehead atoms. The fourth-order valence-corrected chi connectivity index (χ4v) is 4.90. The first kappa shape index (κ1) is 21.6. The first-order valence-corrected chi connectivity index (χ1v) is 11.0. The van der Waals surface area contributed by atoms with E-state index in [0.717, 1.165) is 34.4 Å². The molecule has 1 aliphatic carbocycles. The van der Waals surface area contributed by atoms with Crippen molar-refractivity contribution < 1.29 is 19.6 Å². The molecule has 3 aromatic rings. The molecule has 0 saturated heterocycles. The number of amides is 1. The number of nitrogens with two attached hydrogens (primary N) is 1. The van der Waals surface area contributed by atoms with Gasteiger partial charge in [-0.3, -0.25) is 4.79 Å². The summed E-state index contributed by atoms with van der Waals surface area (Å²) < 4.78 is 5.65. The lowest BCUT2D eigenvalue weighted by Gasteiger charge is -2.18. The maximum atomic E-state index is 11.9. The molecule has 2 heterocycles. The number of nitrogens with one attached hydrogen (secondary N) is 1. The first-order chi connectivity index (χ1) is 15.9. The molecule has 2 aliphatic rings. The van der Waals surface area contributed by atoms with Gasteiger partial charge in [-0.05, 0) is 40.6 Å². The van der Waals surface area contributed by atoms with Crippen molar-refractivity contribution in [2.75, 3.05) is 5.32 Å². The minimum atomic E-state index is -1.51. The van der Waals surface area contributed by atoms with Crippen LogP contribution < -0.4 is 16.5 Å². The average Bonchev–Trinajstić information content (AvgIpc) is 3.40. The Bertz CT molecular complexity index is 1230. The minimum Gasteiger partial charge on any atom is -0.423 e. The van der Waals surface area contributed by atoms with Crippen molar-refractivity contribution in [1.82, 2.24) is 9.97 Å². The Morgan fingerprint density at radius 1 is 1.18 bits per heavy atom. The molecule has 2 unspecified atom stereocenters. The Kier molecular flexibility index (Phi) is 5.61. The van der Waals surface area contributed by atoms with E-state index >= 15 is 0 Å². The number of carbonyl (C=O) groups excluding carboxylic acids is 1. The van der Waals surface area contributed by atoms with Gasteiger partial charge in [-0.2, -0.15) is 0 Å². The van der Waals surface area contributed by atoms with Crippen LogP contribution in [0.1, 0.15) is 57.0 Å². The molecule has 1 aromatic heterocycles. The molecular weight excluding hydrogens is 419 g/mol. The zero-order valence-corrected chi connectivity index (χ0v) is 18.3. The quantitative estimate of drug-likeness (QED) is 0.421. The highest BCUT2D eigenvalue weighted by Gasteiger charge is 2.36. The summed E-state index contributed by atoms with van der Waals surface area (Å²) in [7, 11) is -1.51. The normalized spacial score (nSPS) is 18.6. The molecule has 0 spiro atoms. The molecule has 5 rings (SSSR count). The van der Waals surface area contributed by atoms with E-state index in [1.807, 2.05) is 18.2 Å². The fraction of sp³-hybridized carbons (Fsp3) is 0.292. The summed E-state index contributed by atoms with van der Waals surface area (Å²) in [4.78, 5) is 21.7. The molecule has 33 heavy (non-hydrogen) atoms. The number of hydrogen-bond donors (Lipinski definition) is 4. The number of hydrogen-bond acceptors (Lipinski definition) is 7. The number of ether oxygens (including phenoxy) is 1. The summed E-state index contributed by atoms with van der Waals surface area (Å²) in [6.45, 7) is 3.48. The van der Waals surface area contributed by atoms with Crippen molar-refractivity contribution in [3.8, 4) is 0 Å². The van der Waals surface area contributed by atoms with Crippen LogP contribution in [0.3, 0.4) is 0 Å². The number of fused-ring (bicyclic) bond motifs is 2. The summed E-state index contributed by atoms with van der Waals surface area (Å²) in [5.74, 6) is 1.18. The molecule has 8 nitrogen and oxygen atoms in total. The molecule has 9 heteroatoms. The predicted octanol–water partition coefficient (Wildman–Crippen LogP) is 1.22. The van der Waals surface area contributed by atoms with Gasteiger partial charge in [0.15, 0.2) is 0 Å². The van der Waals surface area contributed by atoms with E-state index in [1.54, 1.807) is 24.3 Å². The third-order valence-electron chi connectivity index (χ3n) is 6.49. The van der Waals surface area contributed by atoms with Gasteiger partial charge in [-0.1, -0.05) is 43.3 Å². The number of carbonyl (C=O) groups is 1. The molecule has 0 radical (unpaired) electrons. The lowest BCUT2D eigenvalue weighted by atomic mass is 9.79. The fourth-order valence-electron chi connectivity index (χ4n) is 4.90. The Hall–Kier alpha value is -3.27. The summed E-state index contributed by atoms with van der Waals surface area (Å²) in [6.07, 6.45) is 0.745. The van der Waals surface area contributed by atoms with Crippen LogP contribution in [0.25, 0.3) is 0 Å². The summed E-state index contributed by atoms with van der Waals surface area (Å²) >= 11 is 0. The van der Waals surface area contributed by atoms with E-state index in [9.17, 15) is 14.8 Å². The standard InChI is InChI=1S/C24H25BN4O4/c1-13-8-18-16(6-3-7-17(18)22(26)30)21(13)24-28-20-12-33-11-19(20)23(29-24)27-10-14-4-2-5-15(9-14)25(31)32/h2-7,9,13,21,31-32H,8,10-12H2,1H3,(H2,26,30)(H,27,28,29). The van der Waals surface area contributed by atoms with Gasteiger partial charge < -0.3 is 25.8 Å². The molecular formula is C24H25BN4O4. The van der Waals surface area contributed by atoms with Crippen molar-refractivity contribution >= 4 is 24.3 Å².